The molecule has 0 unspecified atom stereocenters. The monoisotopic (exact) mass is 290 g/mol. The molecule has 0 atom stereocenters. The van der Waals surface area contributed by atoms with Crippen molar-refractivity contribution in [3.8, 4) is 16.9 Å². The van der Waals surface area contributed by atoms with Crippen molar-refractivity contribution in [2.24, 2.45) is 0 Å². The summed E-state index contributed by atoms with van der Waals surface area (Å²) < 4.78 is 2.06. The second-order valence-corrected chi connectivity index (χ2v) is 5.48. The van der Waals surface area contributed by atoms with Crippen LogP contribution in [0.25, 0.3) is 16.9 Å². The Morgan fingerprint density at radius 1 is 1.05 bits per heavy atom. The predicted molar refractivity (Wildman–Crippen MR) is 88.5 cm³/mol. The van der Waals surface area contributed by atoms with Crippen LogP contribution in [-0.2, 0) is 0 Å². The third-order valence-electron chi connectivity index (χ3n) is 3.86. The minimum Gasteiger partial charge on any atom is -0.320 e. The Bertz CT molecular complexity index is 815. The van der Waals surface area contributed by atoms with E-state index in [2.05, 4.69) is 40.7 Å². The van der Waals surface area contributed by atoms with Crippen LogP contribution in [0.3, 0.4) is 0 Å². The topological polar surface area (TPSA) is 34.9 Å². The summed E-state index contributed by atoms with van der Waals surface area (Å²) in [4.78, 5) is 16.5. The highest BCUT2D eigenvalue weighted by Gasteiger charge is 2.18. The molecule has 3 nitrogen and oxygen atoms in total. The van der Waals surface area contributed by atoms with E-state index in [4.69, 9.17) is 0 Å². The summed E-state index contributed by atoms with van der Waals surface area (Å²) in [5, 5.41) is 0. The van der Waals surface area contributed by atoms with Gasteiger partial charge in [-0.05, 0) is 45.0 Å². The van der Waals surface area contributed by atoms with E-state index in [0.29, 0.717) is 0 Å². The van der Waals surface area contributed by atoms with Crippen LogP contribution < -0.4 is 0 Å². The molecule has 2 aromatic heterocycles. The molecule has 0 saturated carbocycles. The number of hydrogen-bond donors (Lipinski definition) is 0. The summed E-state index contributed by atoms with van der Waals surface area (Å²) in [6.45, 7) is 5.64. The van der Waals surface area contributed by atoms with Crippen molar-refractivity contribution in [2.75, 3.05) is 0 Å². The van der Waals surface area contributed by atoms with Gasteiger partial charge in [0.25, 0.3) is 0 Å². The number of rotatable bonds is 3. The molecule has 0 bridgehead atoms. The van der Waals surface area contributed by atoms with Crippen LogP contribution in [0.1, 0.15) is 28.5 Å². The minimum absolute atomic E-state index is 0.0593. The number of carbonyl (C=O) groups is 1. The molecule has 3 aromatic rings. The Kier molecular flexibility index (Phi) is 3.63. The second-order valence-electron chi connectivity index (χ2n) is 5.48. The molecule has 0 N–H and O–H groups in total. The normalized spacial score (nSPS) is 10.7. The summed E-state index contributed by atoms with van der Waals surface area (Å²) in [6, 6.07) is 14.0. The first-order valence-corrected chi connectivity index (χ1v) is 7.29. The third-order valence-corrected chi connectivity index (χ3v) is 3.86. The number of aromatic nitrogens is 2. The van der Waals surface area contributed by atoms with Gasteiger partial charge in [-0.15, -0.1) is 0 Å². The lowest BCUT2D eigenvalue weighted by molar-refractivity contribution is 0.101. The van der Waals surface area contributed by atoms with Gasteiger partial charge in [-0.3, -0.25) is 9.78 Å². The zero-order valence-electron chi connectivity index (χ0n) is 13.0. The number of hydrogen-bond acceptors (Lipinski definition) is 2. The molecule has 3 rings (SSSR count). The Labute approximate surface area is 130 Å². The van der Waals surface area contributed by atoms with Gasteiger partial charge in [-0.1, -0.05) is 23.8 Å². The van der Waals surface area contributed by atoms with Crippen LogP contribution in [0, 0.1) is 13.8 Å². The number of ketones is 1. The first kappa shape index (κ1) is 14.3. The Hall–Kier alpha value is -2.68. The minimum atomic E-state index is 0.0593. The van der Waals surface area contributed by atoms with E-state index < -0.39 is 0 Å². The average molecular weight is 290 g/mol. The van der Waals surface area contributed by atoms with Crippen LogP contribution in [0.5, 0.6) is 0 Å². The first-order chi connectivity index (χ1) is 10.6. The van der Waals surface area contributed by atoms with Gasteiger partial charge in [-0.2, -0.15) is 0 Å². The van der Waals surface area contributed by atoms with Gasteiger partial charge in [0.2, 0.25) is 0 Å². The molecule has 0 spiro atoms. The van der Waals surface area contributed by atoms with Crippen molar-refractivity contribution in [2.45, 2.75) is 20.8 Å². The molecule has 0 aliphatic rings. The molecule has 0 fully saturated rings. The molecule has 1 aromatic carbocycles. The van der Waals surface area contributed by atoms with Crippen molar-refractivity contribution in [3.05, 3.63) is 71.7 Å². The summed E-state index contributed by atoms with van der Waals surface area (Å²) in [6.07, 6.45) is 3.75. The van der Waals surface area contributed by atoms with Gasteiger partial charge in [0, 0.05) is 34.9 Å². The Balaban J connectivity index is 2.22. The standard InChI is InChI=1S/C19H18N2O/c1-13-7-9-16(10-8-13)21-12-17(18-6-4-5-11-20-18)19(14(21)2)15(3)22/h4-12H,1-3H3. The largest absolute Gasteiger partial charge is 0.320 e. The molecular weight excluding hydrogens is 272 g/mol. The number of nitrogens with zero attached hydrogens (tertiary/aromatic N) is 2. The molecule has 22 heavy (non-hydrogen) atoms. The highest BCUT2D eigenvalue weighted by molar-refractivity contribution is 6.02. The van der Waals surface area contributed by atoms with Crippen molar-refractivity contribution in [1.29, 1.82) is 0 Å². The predicted octanol–water partition coefficient (Wildman–Crippen LogP) is 4.36. The van der Waals surface area contributed by atoms with Gasteiger partial charge in [-0.25, -0.2) is 0 Å². The fourth-order valence-corrected chi connectivity index (χ4v) is 2.74. The molecule has 0 amide bonds. The van der Waals surface area contributed by atoms with Gasteiger partial charge in [0.05, 0.1) is 5.69 Å². The summed E-state index contributed by atoms with van der Waals surface area (Å²) >= 11 is 0. The molecule has 0 saturated heterocycles. The number of Topliss-reactive ketones (excluding diaryl/α,β-unsaturated/α-hetero) is 1. The number of aryl methyl sites for hydroxylation is 1. The maximum atomic E-state index is 12.1. The molecule has 2 heterocycles. The number of pyridine rings is 1. The zero-order valence-corrected chi connectivity index (χ0v) is 13.0. The zero-order chi connectivity index (χ0) is 15.7. The second kappa shape index (κ2) is 5.60. The first-order valence-electron chi connectivity index (χ1n) is 7.29. The summed E-state index contributed by atoms with van der Waals surface area (Å²) in [5.74, 6) is 0.0593. The molecule has 110 valence electrons. The molecular formula is C19H18N2O. The van der Waals surface area contributed by atoms with Crippen LogP contribution in [0.4, 0.5) is 0 Å². The summed E-state index contributed by atoms with van der Waals surface area (Å²) in [5.41, 5.74) is 5.64. The van der Waals surface area contributed by atoms with Gasteiger partial charge < -0.3 is 4.57 Å². The smallest absolute Gasteiger partial charge is 0.162 e. The van der Waals surface area contributed by atoms with Crippen LogP contribution in [-0.4, -0.2) is 15.3 Å². The third kappa shape index (κ3) is 2.46. The lowest BCUT2D eigenvalue weighted by atomic mass is 10.0. The van der Waals surface area contributed by atoms with E-state index in [1.165, 1.54) is 5.56 Å². The fourth-order valence-electron chi connectivity index (χ4n) is 2.74. The van der Waals surface area contributed by atoms with Crippen molar-refractivity contribution < 1.29 is 4.79 Å². The van der Waals surface area contributed by atoms with E-state index >= 15 is 0 Å². The van der Waals surface area contributed by atoms with Crippen molar-refractivity contribution in [3.63, 3.8) is 0 Å². The molecule has 0 aliphatic carbocycles. The van der Waals surface area contributed by atoms with Crippen LogP contribution in [0.2, 0.25) is 0 Å². The quantitative estimate of drug-likeness (QED) is 0.672. The van der Waals surface area contributed by atoms with E-state index in [0.717, 1.165) is 28.2 Å². The van der Waals surface area contributed by atoms with Crippen LogP contribution >= 0.6 is 0 Å². The molecule has 0 radical (unpaired) electrons. The lowest BCUT2D eigenvalue weighted by Crippen LogP contribution is -2.00. The Morgan fingerprint density at radius 3 is 2.36 bits per heavy atom. The maximum absolute atomic E-state index is 12.1. The Morgan fingerprint density at radius 2 is 1.77 bits per heavy atom. The van der Waals surface area contributed by atoms with Crippen LogP contribution in [0.15, 0.2) is 54.9 Å². The van der Waals surface area contributed by atoms with Crippen molar-refractivity contribution in [1.82, 2.24) is 9.55 Å². The van der Waals surface area contributed by atoms with E-state index in [1.54, 1.807) is 13.1 Å². The molecule has 0 aliphatic heterocycles. The lowest BCUT2D eigenvalue weighted by Gasteiger charge is -2.07. The number of carbonyl (C=O) groups excluding carboxylic acids is 1. The SMILES string of the molecule is CC(=O)c1c(-c2ccccn2)cn(-c2ccc(C)cc2)c1C. The highest BCUT2D eigenvalue weighted by atomic mass is 16.1. The van der Waals surface area contributed by atoms with E-state index in [9.17, 15) is 4.79 Å². The summed E-state index contributed by atoms with van der Waals surface area (Å²) in [7, 11) is 0. The maximum Gasteiger partial charge on any atom is 0.162 e. The highest BCUT2D eigenvalue weighted by Crippen LogP contribution is 2.29. The van der Waals surface area contributed by atoms with Gasteiger partial charge in [0.15, 0.2) is 5.78 Å². The van der Waals surface area contributed by atoms with E-state index in [-0.39, 0.29) is 5.78 Å². The van der Waals surface area contributed by atoms with Gasteiger partial charge >= 0.3 is 0 Å². The van der Waals surface area contributed by atoms with Gasteiger partial charge in [0.1, 0.15) is 0 Å². The van der Waals surface area contributed by atoms with Crippen molar-refractivity contribution >= 4 is 5.78 Å². The molecule has 3 heteroatoms. The number of benzene rings is 1. The average Bonchev–Trinajstić information content (AvgIpc) is 2.87. The van der Waals surface area contributed by atoms with E-state index in [1.807, 2.05) is 31.3 Å². The fraction of sp³-hybridized carbons (Fsp3) is 0.158.